The van der Waals surface area contributed by atoms with Crippen molar-refractivity contribution in [1.82, 2.24) is 19.8 Å². The normalized spacial score (nSPS) is 14.8. The smallest absolute Gasteiger partial charge is 0.337 e. The third kappa shape index (κ3) is 4.15. The van der Waals surface area contributed by atoms with E-state index in [-0.39, 0.29) is 11.9 Å². The molecule has 0 aliphatic carbocycles. The van der Waals surface area contributed by atoms with Crippen LogP contribution in [0.1, 0.15) is 20.7 Å². The summed E-state index contributed by atoms with van der Waals surface area (Å²) >= 11 is 0. The van der Waals surface area contributed by atoms with Crippen LogP contribution >= 0.6 is 0 Å². The van der Waals surface area contributed by atoms with Crippen LogP contribution in [0.5, 0.6) is 0 Å². The number of amides is 1. The summed E-state index contributed by atoms with van der Waals surface area (Å²) in [6.07, 6.45) is 3.05. The van der Waals surface area contributed by atoms with E-state index in [1.54, 1.807) is 24.3 Å². The van der Waals surface area contributed by atoms with Crippen LogP contribution in [0.4, 0.5) is 11.6 Å². The van der Waals surface area contributed by atoms with E-state index in [0.29, 0.717) is 30.2 Å². The number of esters is 1. The van der Waals surface area contributed by atoms with Gasteiger partial charge in [0.2, 0.25) is 5.95 Å². The standard InChI is InChI=1S/C18H21N5O3/c1-22-7-9-23(10-8-22)16(24)14-11-19-18(20-12-14)21-15-5-3-13(4-6-15)17(25)26-2/h3-6,11-12H,7-10H2,1-2H3,(H,19,20,21). The third-order valence-corrected chi connectivity index (χ3v) is 4.25. The lowest BCUT2D eigenvalue weighted by atomic mass is 10.2. The Morgan fingerprint density at radius 3 is 2.19 bits per heavy atom. The number of anilines is 2. The van der Waals surface area contributed by atoms with Crippen molar-refractivity contribution in [2.75, 3.05) is 45.7 Å². The van der Waals surface area contributed by atoms with Crippen LogP contribution in [-0.2, 0) is 4.74 Å². The lowest BCUT2D eigenvalue weighted by Crippen LogP contribution is -2.47. The Balaban J connectivity index is 1.62. The summed E-state index contributed by atoms with van der Waals surface area (Å²) in [7, 11) is 3.39. The van der Waals surface area contributed by atoms with Gasteiger partial charge in [0, 0.05) is 44.3 Å². The second kappa shape index (κ2) is 7.92. The van der Waals surface area contributed by atoms with E-state index < -0.39 is 0 Å². The van der Waals surface area contributed by atoms with E-state index in [1.807, 2.05) is 11.9 Å². The highest BCUT2D eigenvalue weighted by Gasteiger charge is 2.20. The molecule has 26 heavy (non-hydrogen) atoms. The zero-order valence-corrected chi connectivity index (χ0v) is 14.8. The summed E-state index contributed by atoms with van der Waals surface area (Å²) in [6.45, 7) is 3.16. The number of nitrogens with one attached hydrogen (secondary N) is 1. The van der Waals surface area contributed by atoms with Crippen molar-refractivity contribution in [2.24, 2.45) is 0 Å². The molecule has 1 saturated heterocycles. The average molecular weight is 355 g/mol. The van der Waals surface area contributed by atoms with Crippen molar-refractivity contribution >= 4 is 23.5 Å². The van der Waals surface area contributed by atoms with Crippen LogP contribution in [0, 0.1) is 0 Å². The molecule has 3 rings (SSSR count). The van der Waals surface area contributed by atoms with Crippen LogP contribution < -0.4 is 5.32 Å². The maximum atomic E-state index is 12.5. The molecule has 2 heterocycles. The fraction of sp³-hybridized carbons (Fsp3) is 0.333. The summed E-state index contributed by atoms with van der Waals surface area (Å²) in [5.74, 6) is -0.0580. The zero-order valence-electron chi connectivity index (χ0n) is 14.8. The predicted octanol–water partition coefficient (Wildman–Crippen LogP) is 1.39. The fourth-order valence-electron chi connectivity index (χ4n) is 2.63. The molecule has 1 fully saturated rings. The molecule has 1 aliphatic rings. The second-order valence-electron chi connectivity index (χ2n) is 6.08. The summed E-state index contributed by atoms with van der Waals surface area (Å²) in [6, 6.07) is 6.77. The van der Waals surface area contributed by atoms with E-state index in [4.69, 9.17) is 0 Å². The SMILES string of the molecule is COC(=O)c1ccc(Nc2ncc(C(=O)N3CCN(C)CC3)cn2)cc1. The first kappa shape index (κ1) is 17.8. The highest BCUT2D eigenvalue weighted by Crippen LogP contribution is 2.15. The Morgan fingerprint density at radius 1 is 1.00 bits per heavy atom. The Hall–Kier alpha value is -3.00. The van der Waals surface area contributed by atoms with Crippen LogP contribution in [-0.4, -0.2) is 72.0 Å². The Morgan fingerprint density at radius 2 is 1.62 bits per heavy atom. The van der Waals surface area contributed by atoms with Gasteiger partial charge in [-0.1, -0.05) is 0 Å². The molecule has 1 aliphatic heterocycles. The van der Waals surface area contributed by atoms with Crippen molar-refractivity contribution in [3.63, 3.8) is 0 Å². The van der Waals surface area contributed by atoms with Crippen LogP contribution in [0.2, 0.25) is 0 Å². The van der Waals surface area contributed by atoms with Crippen molar-refractivity contribution in [3.8, 4) is 0 Å². The predicted molar refractivity (Wildman–Crippen MR) is 96.5 cm³/mol. The molecule has 2 aromatic rings. The number of hydrogen-bond acceptors (Lipinski definition) is 7. The van der Waals surface area contributed by atoms with E-state index in [9.17, 15) is 9.59 Å². The van der Waals surface area contributed by atoms with Gasteiger partial charge < -0.3 is 19.9 Å². The summed E-state index contributed by atoms with van der Waals surface area (Å²) < 4.78 is 4.66. The third-order valence-electron chi connectivity index (χ3n) is 4.25. The fourth-order valence-corrected chi connectivity index (χ4v) is 2.63. The molecule has 0 saturated carbocycles. The van der Waals surface area contributed by atoms with Gasteiger partial charge in [-0.2, -0.15) is 0 Å². The molecule has 1 aromatic heterocycles. The molecule has 0 spiro atoms. The molecule has 0 atom stereocenters. The van der Waals surface area contributed by atoms with Crippen molar-refractivity contribution in [3.05, 3.63) is 47.8 Å². The number of carbonyl (C=O) groups is 2. The van der Waals surface area contributed by atoms with Gasteiger partial charge in [0.15, 0.2) is 0 Å². The molecule has 1 amide bonds. The first-order valence-electron chi connectivity index (χ1n) is 8.32. The minimum absolute atomic E-state index is 0.0490. The van der Waals surface area contributed by atoms with Gasteiger partial charge in [-0.05, 0) is 31.3 Å². The van der Waals surface area contributed by atoms with Crippen LogP contribution in [0.25, 0.3) is 0 Å². The number of rotatable bonds is 4. The van der Waals surface area contributed by atoms with E-state index in [2.05, 4.69) is 24.9 Å². The second-order valence-corrected chi connectivity index (χ2v) is 6.08. The maximum Gasteiger partial charge on any atom is 0.337 e. The van der Waals surface area contributed by atoms with Gasteiger partial charge in [0.1, 0.15) is 0 Å². The summed E-state index contributed by atoms with van der Waals surface area (Å²) in [4.78, 5) is 36.3. The lowest BCUT2D eigenvalue weighted by molar-refractivity contribution is 0.0600. The quantitative estimate of drug-likeness (QED) is 0.829. The zero-order chi connectivity index (χ0) is 18.5. The molecule has 0 bridgehead atoms. The molecular formula is C18H21N5O3. The topological polar surface area (TPSA) is 87.7 Å². The number of nitrogens with zero attached hydrogens (tertiary/aromatic N) is 4. The van der Waals surface area contributed by atoms with E-state index >= 15 is 0 Å². The van der Waals surface area contributed by atoms with Crippen molar-refractivity contribution in [2.45, 2.75) is 0 Å². The van der Waals surface area contributed by atoms with Gasteiger partial charge >= 0.3 is 5.97 Å². The lowest BCUT2D eigenvalue weighted by Gasteiger charge is -2.32. The van der Waals surface area contributed by atoms with Gasteiger partial charge in [0.25, 0.3) is 5.91 Å². The van der Waals surface area contributed by atoms with Gasteiger partial charge in [-0.15, -0.1) is 0 Å². The minimum atomic E-state index is -0.389. The highest BCUT2D eigenvalue weighted by molar-refractivity contribution is 5.93. The molecule has 8 nitrogen and oxygen atoms in total. The number of piperazine rings is 1. The minimum Gasteiger partial charge on any atom is -0.465 e. The molecule has 1 N–H and O–H groups in total. The molecule has 0 radical (unpaired) electrons. The largest absolute Gasteiger partial charge is 0.465 e. The maximum absolute atomic E-state index is 12.5. The molecule has 136 valence electrons. The van der Waals surface area contributed by atoms with Crippen molar-refractivity contribution in [1.29, 1.82) is 0 Å². The Bertz CT molecular complexity index is 768. The van der Waals surface area contributed by atoms with Gasteiger partial charge in [0.05, 0.1) is 18.2 Å². The highest BCUT2D eigenvalue weighted by atomic mass is 16.5. The Kier molecular flexibility index (Phi) is 5.43. The number of methoxy groups -OCH3 is 1. The summed E-state index contributed by atoms with van der Waals surface area (Å²) in [5.41, 5.74) is 1.67. The monoisotopic (exact) mass is 355 g/mol. The number of hydrogen-bond donors (Lipinski definition) is 1. The summed E-state index contributed by atoms with van der Waals surface area (Å²) in [5, 5.41) is 3.03. The van der Waals surface area contributed by atoms with E-state index in [1.165, 1.54) is 19.5 Å². The first-order valence-corrected chi connectivity index (χ1v) is 8.32. The first-order chi connectivity index (χ1) is 12.6. The Labute approximate surface area is 151 Å². The molecule has 1 aromatic carbocycles. The average Bonchev–Trinajstić information content (AvgIpc) is 2.68. The number of carbonyl (C=O) groups excluding carboxylic acids is 2. The van der Waals surface area contributed by atoms with Gasteiger partial charge in [-0.25, -0.2) is 14.8 Å². The van der Waals surface area contributed by atoms with Gasteiger partial charge in [-0.3, -0.25) is 4.79 Å². The van der Waals surface area contributed by atoms with Crippen LogP contribution in [0.3, 0.4) is 0 Å². The molecule has 8 heteroatoms. The molecular weight excluding hydrogens is 334 g/mol. The molecule has 0 unspecified atom stereocenters. The van der Waals surface area contributed by atoms with Crippen LogP contribution in [0.15, 0.2) is 36.7 Å². The number of aromatic nitrogens is 2. The number of ether oxygens (including phenoxy) is 1. The van der Waals surface area contributed by atoms with E-state index in [0.717, 1.165) is 18.8 Å². The van der Waals surface area contributed by atoms with Crippen molar-refractivity contribution < 1.29 is 14.3 Å². The number of benzene rings is 1. The number of likely N-dealkylation sites (N-methyl/N-ethyl adjacent to an activating group) is 1.